The molecule has 3 nitrogen and oxygen atoms in total. The average Bonchev–Trinajstić information content (AvgIpc) is 2.88. The van der Waals surface area contributed by atoms with Crippen LogP contribution in [0.5, 0.6) is 0 Å². The van der Waals surface area contributed by atoms with Crippen LogP contribution in [0.3, 0.4) is 0 Å². The van der Waals surface area contributed by atoms with Crippen molar-refractivity contribution in [3.63, 3.8) is 0 Å². The fourth-order valence-corrected chi connectivity index (χ4v) is 3.49. The van der Waals surface area contributed by atoms with E-state index in [9.17, 15) is 4.39 Å². The number of aromatic nitrogens is 2. The normalized spacial score (nSPS) is 18.1. The van der Waals surface area contributed by atoms with Gasteiger partial charge in [-0.2, -0.15) is 5.10 Å². The maximum absolute atomic E-state index is 13.8. The van der Waals surface area contributed by atoms with Crippen molar-refractivity contribution >= 4 is 17.4 Å². The highest BCUT2D eigenvalue weighted by Gasteiger charge is 2.23. The molecular weight excluding hydrogens is 261 g/mol. The summed E-state index contributed by atoms with van der Waals surface area (Å²) in [5.41, 5.74) is 2.05. The third kappa shape index (κ3) is 2.47. The Labute approximate surface area is 116 Å². The van der Waals surface area contributed by atoms with Gasteiger partial charge in [0.05, 0.1) is 17.9 Å². The number of fused-ring (bicyclic) bond motifs is 1. The number of benzene rings is 1. The molecule has 1 aliphatic rings. The molecule has 5 heteroatoms. The summed E-state index contributed by atoms with van der Waals surface area (Å²) >= 11 is 1.60. The van der Waals surface area contributed by atoms with Crippen molar-refractivity contribution in [2.24, 2.45) is 0 Å². The first-order chi connectivity index (χ1) is 9.28. The zero-order valence-electron chi connectivity index (χ0n) is 10.8. The fraction of sp³-hybridized carbons (Fsp3) is 0.357. The van der Waals surface area contributed by atoms with Gasteiger partial charge in [-0.05, 0) is 25.0 Å². The minimum atomic E-state index is -0.113. The number of hydrogen-bond donors (Lipinski definition) is 1. The lowest BCUT2D eigenvalue weighted by Gasteiger charge is -2.26. The summed E-state index contributed by atoms with van der Waals surface area (Å²) < 4.78 is 15.7. The van der Waals surface area contributed by atoms with E-state index in [0.29, 0.717) is 0 Å². The van der Waals surface area contributed by atoms with E-state index >= 15 is 0 Å². The van der Waals surface area contributed by atoms with Gasteiger partial charge in [0, 0.05) is 23.4 Å². The molecule has 1 aliphatic heterocycles. The zero-order chi connectivity index (χ0) is 13.2. The molecule has 0 saturated carbocycles. The molecule has 3 rings (SSSR count). The molecule has 0 saturated heterocycles. The van der Waals surface area contributed by atoms with Gasteiger partial charge in [0.25, 0.3) is 0 Å². The van der Waals surface area contributed by atoms with Crippen LogP contribution in [0.2, 0.25) is 0 Å². The Balaban J connectivity index is 1.85. The van der Waals surface area contributed by atoms with Crippen molar-refractivity contribution in [3.05, 3.63) is 42.0 Å². The number of halogens is 1. The Morgan fingerprint density at radius 2 is 2.42 bits per heavy atom. The largest absolute Gasteiger partial charge is 0.376 e. The van der Waals surface area contributed by atoms with E-state index in [4.69, 9.17) is 0 Å². The Morgan fingerprint density at radius 1 is 1.53 bits per heavy atom. The van der Waals surface area contributed by atoms with Gasteiger partial charge in [-0.1, -0.05) is 12.1 Å². The monoisotopic (exact) mass is 277 g/mol. The van der Waals surface area contributed by atoms with E-state index < -0.39 is 0 Å². The summed E-state index contributed by atoms with van der Waals surface area (Å²) in [7, 11) is 0. The number of hydrogen-bond acceptors (Lipinski definition) is 3. The number of nitrogens with zero attached hydrogens (tertiary/aromatic N) is 2. The first-order valence-electron chi connectivity index (χ1n) is 6.48. The smallest absolute Gasteiger partial charge is 0.137 e. The molecule has 2 heterocycles. The molecule has 1 aromatic carbocycles. The Kier molecular flexibility index (Phi) is 3.46. The van der Waals surface area contributed by atoms with E-state index in [1.165, 1.54) is 6.07 Å². The highest BCUT2D eigenvalue weighted by atomic mass is 32.2. The van der Waals surface area contributed by atoms with E-state index in [0.717, 1.165) is 34.9 Å². The summed E-state index contributed by atoms with van der Waals surface area (Å²) in [5, 5.41) is 7.70. The summed E-state index contributed by atoms with van der Waals surface area (Å²) in [6.07, 6.45) is 4.81. The zero-order valence-corrected chi connectivity index (χ0v) is 11.6. The molecule has 1 atom stereocenters. The number of nitrogens with one attached hydrogen (secondary N) is 1. The van der Waals surface area contributed by atoms with Gasteiger partial charge in [-0.25, -0.2) is 4.39 Å². The first-order valence-corrected chi connectivity index (χ1v) is 7.46. The molecule has 0 bridgehead atoms. The second-order valence-electron chi connectivity index (χ2n) is 4.58. The van der Waals surface area contributed by atoms with Gasteiger partial charge < -0.3 is 5.32 Å². The molecule has 0 amide bonds. The van der Waals surface area contributed by atoms with Crippen LogP contribution >= 0.6 is 11.8 Å². The molecule has 0 spiro atoms. The molecule has 2 aromatic rings. The van der Waals surface area contributed by atoms with Gasteiger partial charge >= 0.3 is 0 Å². The second-order valence-corrected chi connectivity index (χ2v) is 5.68. The summed E-state index contributed by atoms with van der Waals surface area (Å²) in [6, 6.07) is 5.49. The number of aryl methyl sites for hydroxylation is 1. The summed E-state index contributed by atoms with van der Waals surface area (Å²) in [4.78, 5) is 0.786. The van der Waals surface area contributed by atoms with Crippen LogP contribution in [-0.4, -0.2) is 15.5 Å². The highest BCUT2D eigenvalue weighted by molar-refractivity contribution is 7.99. The van der Waals surface area contributed by atoms with Gasteiger partial charge in [-0.3, -0.25) is 4.68 Å². The maximum Gasteiger partial charge on any atom is 0.137 e. The van der Waals surface area contributed by atoms with Crippen LogP contribution in [0, 0.1) is 5.82 Å². The van der Waals surface area contributed by atoms with Crippen molar-refractivity contribution in [3.8, 4) is 0 Å². The lowest BCUT2D eigenvalue weighted by atomic mass is 10.0. The van der Waals surface area contributed by atoms with Crippen molar-refractivity contribution in [2.75, 3.05) is 11.1 Å². The van der Waals surface area contributed by atoms with E-state index in [1.54, 1.807) is 17.8 Å². The average molecular weight is 277 g/mol. The van der Waals surface area contributed by atoms with Crippen molar-refractivity contribution in [2.45, 2.75) is 30.8 Å². The summed E-state index contributed by atoms with van der Waals surface area (Å²) in [6.45, 7) is 2.91. The SMILES string of the molecule is CCn1cc(NC2CCSc3c(F)cccc32)cn1. The molecular formula is C14H16FN3S. The lowest BCUT2D eigenvalue weighted by Crippen LogP contribution is -2.16. The minimum Gasteiger partial charge on any atom is -0.376 e. The van der Waals surface area contributed by atoms with Crippen LogP contribution in [0.15, 0.2) is 35.5 Å². The molecule has 100 valence electrons. The van der Waals surface area contributed by atoms with Crippen molar-refractivity contribution in [1.82, 2.24) is 9.78 Å². The Hall–Kier alpha value is -1.49. The predicted octanol–water partition coefficient (Wildman–Crippen LogP) is 3.69. The molecule has 1 N–H and O–H groups in total. The lowest BCUT2D eigenvalue weighted by molar-refractivity contribution is 0.585. The highest BCUT2D eigenvalue weighted by Crippen LogP contribution is 2.39. The second kappa shape index (κ2) is 5.25. The van der Waals surface area contributed by atoms with Crippen LogP contribution in [-0.2, 0) is 6.54 Å². The minimum absolute atomic E-state index is 0.113. The first kappa shape index (κ1) is 12.5. The third-order valence-corrected chi connectivity index (χ3v) is 4.48. The van der Waals surface area contributed by atoms with E-state index in [2.05, 4.69) is 17.3 Å². The Morgan fingerprint density at radius 3 is 3.21 bits per heavy atom. The fourth-order valence-electron chi connectivity index (χ4n) is 2.35. The van der Waals surface area contributed by atoms with Gasteiger partial charge in [0.15, 0.2) is 0 Å². The molecule has 1 aromatic heterocycles. The number of rotatable bonds is 3. The van der Waals surface area contributed by atoms with Crippen molar-refractivity contribution in [1.29, 1.82) is 0 Å². The van der Waals surface area contributed by atoms with Crippen LogP contribution < -0.4 is 5.32 Å². The van der Waals surface area contributed by atoms with Crippen LogP contribution in [0.25, 0.3) is 0 Å². The third-order valence-electron chi connectivity index (χ3n) is 3.32. The molecule has 0 aliphatic carbocycles. The molecule has 1 unspecified atom stereocenters. The predicted molar refractivity (Wildman–Crippen MR) is 76.0 cm³/mol. The molecule has 0 radical (unpaired) electrons. The molecule has 0 fully saturated rings. The van der Waals surface area contributed by atoms with Gasteiger partial charge in [0.1, 0.15) is 5.82 Å². The van der Waals surface area contributed by atoms with Crippen molar-refractivity contribution < 1.29 is 4.39 Å². The Bertz CT molecular complexity index is 582. The summed E-state index contributed by atoms with van der Waals surface area (Å²) in [5.74, 6) is 0.825. The van der Waals surface area contributed by atoms with Crippen LogP contribution in [0.4, 0.5) is 10.1 Å². The number of anilines is 1. The van der Waals surface area contributed by atoms with Gasteiger partial charge in [-0.15, -0.1) is 11.8 Å². The quantitative estimate of drug-likeness (QED) is 0.928. The van der Waals surface area contributed by atoms with E-state index in [1.807, 2.05) is 23.1 Å². The maximum atomic E-state index is 13.8. The number of thioether (sulfide) groups is 1. The topological polar surface area (TPSA) is 29.9 Å². The van der Waals surface area contributed by atoms with Crippen LogP contribution in [0.1, 0.15) is 24.9 Å². The van der Waals surface area contributed by atoms with Gasteiger partial charge in [0.2, 0.25) is 0 Å². The van der Waals surface area contributed by atoms with E-state index in [-0.39, 0.29) is 11.9 Å². The molecule has 19 heavy (non-hydrogen) atoms. The standard InChI is InChI=1S/C14H16FN3S/c1-2-18-9-10(8-16-18)17-13-6-7-19-14-11(13)4-3-5-12(14)15/h3-5,8-9,13,17H,2,6-7H2,1H3.